The van der Waals surface area contributed by atoms with Gasteiger partial charge in [-0.2, -0.15) is 5.10 Å². The van der Waals surface area contributed by atoms with Crippen molar-refractivity contribution in [2.24, 2.45) is 0 Å². The average Bonchev–Trinajstić information content (AvgIpc) is 3.08. The molecule has 3 aromatic rings. The van der Waals surface area contributed by atoms with Gasteiger partial charge in [0.25, 0.3) is 0 Å². The van der Waals surface area contributed by atoms with Crippen LogP contribution in [-0.4, -0.2) is 29.9 Å². The summed E-state index contributed by atoms with van der Waals surface area (Å²) in [5.74, 6) is -0.825. The molecule has 6 nitrogen and oxygen atoms in total. The molecule has 3 rings (SSSR count). The summed E-state index contributed by atoms with van der Waals surface area (Å²) in [5, 5.41) is 6.86. The number of halogens is 1. The Hall–Kier alpha value is -3.00. The highest BCUT2D eigenvalue weighted by molar-refractivity contribution is 7.91. The number of nitrogens with one attached hydrogen (secondary N) is 1. The molecule has 1 heterocycles. The van der Waals surface area contributed by atoms with Crippen molar-refractivity contribution < 1.29 is 17.6 Å². The third-order valence-corrected chi connectivity index (χ3v) is 5.66. The van der Waals surface area contributed by atoms with Crippen molar-refractivity contribution in [3.63, 3.8) is 0 Å². The standard InChI is InChI=1S/C19H18FN3O3S/c20-16-6-8-17(9-7-16)27(25,26)13-11-19(24)22-18-10-12-21-23(18)14-15-4-2-1-3-5-15/h1-10,12H,11,13-14H2,(H,22,24). The summed E-state index contributed by atoms with van der Waals surface area (Å²) < 4.78 is 39.0. The lowest BCUT2D eigenvalue weighted by Crippen LogP contribution is -2.19. The molecule has 0 spiro atoms. The minimum Gasteiger partial charge on any atom is -0.311 e. The number of aromatic nitrogens is 2. The Balaban J connectivity index is 1.60. The Morgan fingerprint density at radius 1 is 1.04 bits per heavy atom. The minimum absolute atomic E-state index is 0.00850. The number of nitrogens with zero attached hydrogens (tertiary/aromatic N) is 2. The van der Waals surface area contributed by atoms with Crippen molar-refractivity contribution in [1.29, 1.82) is 0 Å². The molecule has 0 atom stereocenters. The molecule has 27 heavy (non-hydrogen) atoms. The van der Waals surface area contributed by atoms with Gasteiger partial charge in [0.05, 0.1) is 23.4 Å². The topological polar surface area (TPSA) is 81.1 Å². The highest BCUT2D eigenvalue weighted by Crippen LogP contribution is 2.14. The molecular weight excluding hydrogens is 369 g/mol. The molecule has 0 radical (unpaired) electrons. The number of rotatable bonds is 7. The van der Waals surface area contributed by atoms with E-state index in [-0.39, 0.29) is 17.1 Å². The van der Waals surface area contributed by atoms with Crippen LogP contribution in [0.2, 0.25) is 0 Å². The molecule has 0 saturated heterocycles. The van der Waals surface area contributed by atoms with Crippen molar-refractivity contribution >= 4 is 21.6 Å². The summed E-state index contributed by atoms with van der Waals surface area (Å²) in [5.41, 5.74) is 1.02. The number of sulfone groups is 1. The van der Waals surface area contributed by atoms with E-state index in [1.807, 2.05) is 30.3 Å². The summed E-state index contributed by atoms with van der Waals surface area (Å²) in [7, 11) is -3.66. The van der Waals surface area contributed by atoms with Crippen LogP contribution in [0.25, 0.3) is 0 Å². The lowest BCUT2D eigenvalue weighted by molar-refractivity contribution is -0.115. The van der Waals surface area contributed by atoms with Gasteiger partial charge in [0.15, 0.2) is 9.84 Å². The molecule has 0 aliphatic carbocycles. The Kier molecular flexibility index (Phi) is 5.66. The van der Waals surface area contributed by atoms with Crippen molar-refractivity contribution in [1.82, 2.24) is 9.78 Å². The van der Waals surface area contributed by atoms with E-state index in [0.29, 0.717) is 12.4 Å². The lowest BCUT2D eigenvalue weighted by atomic mass is 10.2. The van der Waals surface area contributed by atoms with Crippen LogP contribution in [-0.2, 0) is 21.2 Å². The van der Waals surface area contributed by atoms with Crippen LogP contribution < -0.4 is 5.32 Å². The first kappa shape index (κ1) is 18.8. The van der Waals surface area contributed by atoms with Gasteiger partial charge in [0.2, 0.25) is 5.91 Å². The molecule has 0 bridgehead atoms. The zero-order valence-electron chi connectivity index (χ0n) is 14.4. The number of amides is 1. The predicted octanol–water partition coefficient (Wildman–Crippen LogP) is 2.87. The van der Waals surface area contributed by atoms with Gasteiger partial charge in [0.1, 0.15) is 11.6 Å². The minimum atomic E-state index is -3.66. The molecule has 0 saturated carbocycles. The first-order chi connectivity index (χ1) is 12.9. The van der Waals surface area contributed by atoms with Crippen molar-refractivity contribution in [2.75, 3.05) is 11.1 Å². The summed E-state index contributed by atoms with van der Waals surface area (Å²) in [6.45, 7) is 0.483. The van der Waals surface area contributed by atoms with Gasteiger partial charge in [-0.05, 0) is 29.8 Å². The second kappa shape index (κ2) is 8.13. The summed E-state index contributed by atoms with van der Waals surface area (Å²) in [6.07, 6.45) is 1.35. The van der Waals surface area contributed by atoms with Crippen molar-refractivity contribution in [3.05, 3.63) is 78.2 Å². The molecule has 0 aliphatic heterocycles. The van der Waals surface area contributed by atoms with Crippen LogP contribution in [0.4, 0.5) is 10.2 Å². The van der Waals surface area contributed by atoms with Crippen LogP contribution in [0.5, 0.6) is 0 Å². The number of hydrogen-bond acceptors (Lipinski definition) is 4. The maximum absolute atomic E-state index is 12.9. The van der Waals surface area contributed by atoms with Gasteiger partial charge in [-0.25, -0.2) is 17.5 Å². The Morgan fingerprint density at radius 2 is 1.74 bits per heavy atom. The summed E-state index contributed by atoms with van der Waals surface area (Å²) >= 11 is 0. The second-order valence-corrected chi connectivity index (χ2v) is 8.04. The summed E-state index contributed by atoms with van der Waals surface area (Å²) in [6, 6.07) is 15.8. The van der Waals surface area contributed by atoms with E-state index in [4.69, 9.17) is 0 Å². The molecular formula is C19H18FN3O3S. The van der Waals surface area contributed by atoms with E-state index in [0.717, 1.165) is 17.7 Å². The number of carbonyl (C=O) groups is 1. The van der Waals surface area contributed by atoms with E-state index < -0.39 is 21.6 Å². The highest BCUT2D eigenvalue weighted by atomic mass is 32.2. The lowest BCUT2D eigenvalue weighted by Gasteiger charge is -2.09. The zero-order valence-corrected chi connectivity index (χ0v) is 15.2. The molecule has 140 valence electrons. The number of carbonyl (C=O) groups excluding carboxylic acids is 1. The molecule has 8 heteroatoms. The van der Waals surface area contributed by atoms with E-state index in [1.54, 1.807) is 16.9 Å². The third-order valence-electron chi connectivity index (χ3n) is 3.93. The normalized spacial score (nSPS) is 11.3. The van der Waals surface area contributed by atoms with E-state index in [2.05, 4.69) is 10.4 Å². The second-order valence-electron chi connectivity index (χ2n) is 5.93. The zero-order chi connectivity index (χ0) is 19.3. The Labute approximate surface area is 156 Å². The number of benzene rings is 2. The number of hydrogen-bond donors (Lipinski definition) is 1. The van der Waals surface area contributed by atoms with Crippen LogP contribution in [0.3, 0.4) is 0 Å². The monoisotopic (exact) mass is 387 g/mol. The molecule has 1 aromatic heterocycles. The van der Waals surface area contributed by atoms with Gasteiger partial charge in [-0.1, -0.05) is 30.3 Å². The van der Waals surface area contributed by atoms with E-state index in [9.17, 15) is 17.6 Å². The molecule has 0 fully saturated rings. The SMILES string of the molecule is O=C(CCS(=O)(=O)c1ccc(F)cc1)Nc1ccnn1Cc1ccccc1. The van der Waals surface area contributed by atoms with Gasteiger partial charge >= 0.3 is 0 Å². The fourth-order valence-corrected chi connectivity index (χ4v) is 3.75. The van der Waals surface area contributed by atoms with Crippen LogP contribution in [0.1, 0.15) is 12.0 Å². The van der Waals surface area contributed by atoms with E-state index in [1.165, 1.54) is 12.1 Å². The van der Waals surface area contributed by atoms with Crippen molar-refractivity contribution in [3.8, 4) is 0 Å². The molecule has 2 aromatic carbocycles. The summed E-state index contributed by atoms with van der Waals surface area (Å²) in [4.78, 5) is 12.2. The van der Waals surface area contributed by atoms with Crippen molar-refractivity contribution in [2.45, 2.75) is 17.9 Å². The van der Waals surface area contributed by atoms with Gasteiger partial charge in [-0.15, -0.1) is 0 Å². The fourth-order valence-electron chi connectivity index (χ4n) is 2.51. The average molecular weight is 387 g/mol. The first-order valence-electron chi connectivity index (χ1n) is 8.28. The Bertz CT molecular complexity index is 1020. The van der Waals surface area contributed by atoms with E-state index >= 15 is 0 Å². The maximum Gasteiger partial charge on any atom is 0.226 e. The van der Waals surface area contributed by atoms with Crippen LogP contribution in [0.15, 0.2) is 71.8 Å². The van der Waals surface area contributed by atoms with Crippen LogP contribution in [0, 0.1) is 5.82 Å². The molecule has 1 N–H and O–H groups in total. The van der Waals surface area contributed by atoms with Gasteiger partial charge in [-0.3, -0.25) is 4.79 Å². The highest BCUT2D eigenvalue weighted by Gasteiger charge is 2.17. The molecule has 1 amide bonds. The first-order valence-corrected chi connectivity index (χ1v) is 9.93. The smallest absolute Gasteiger partial charge is 0.226 e. The number of anilines is 1. The largest absolute Gasteiger partial charge is 0.311 e. The quantitative estimate of drug-likeness (QED) is 0.632. The fraction of sp³-hybridized carbons (Fsp3) is 0.158. The van der Waals surface area contributed by atoms with Crippen LogP contribution >= 0.6 is 0 Å². The Morgan fingerprint density at radius 3 is 2.44 bits per heavy atom. The van der Waals surface area contributed by atoms with Gasteiger partial charge < -0.3 is 5.32 Å². The molecule has 0 unspecified atom stereocenters. The molecule has 0 aliphatic rings. The van der Waals surface area contributed by atoms with Gasteiger partial charge in [0, 0.05) is 12.5 Å². The predicted molar refractivity (Wildman–Crippen MR) is 99.5 cm³/mol. The third kappa shape index (κ3) is 5.01. The maximum atomic E-state index is 12.9.